The molecule has 1 heterocycles. The fraction of sp³-hybridized carbons (Fsp3) is 0.941. The SMILES string of the molecule is CC1CCCN(CCNC(=O)NC2CCCCCC2CO)C1. The number of rotatable bonds is 5. The molecule has 2 fully saturated rings. The van der Waals surface area contributed by atoms with Gasteiger partial charge in [-0.25, -0.2) is 4.79 Å². The largest absolute Gasteiger partial charge is 0.396 e. The second kappa shape index (κ2) is 9.36. The van der Waals surface area contributed by atoms with E-state index in [-0.39, 0.29) is 24.6 Å². The molecular formula is C17H33N3O2. The number of hydrogen-bond donors (Lipinski definition) is 3. The molecule has 5 nitrogen and oxygen atoms in total. The first-order valence-corrected chi connectivity index (χ1v) is 9.06. The van der Waals surface area contributed by atoms with Crippen molar-refractivity contribution >= 4 is 6.03 Å². The van der Waals surface area contributed by atoms with E-state index in [0.29, 0.717) is 6.54 Å². The van der Waals surface area contributed by atoms with Crippen LogP contribution >= 0.6 is 0 Å². The average Bonchev–Trinajstić information content (AvgIpc) is 2.72. The zero-order valence-electron chi connectivity index (χ0n) is 14.0. The topological polar surface area (TPSA) is 64.6 Å². The van der Waals surface area contributed by atoms with Gasteiger partial charge in [0.25, 0.3) is 0 Å². The number of aliphatic hydroxyl groups is 1. The molecule has 2 amide bonds. The van der Waals surface area contributed by atoms with Crippen LogP contribution in [0.3, 0.4) is 0 Å². The minimum Gasteiger partial charge on any atom is -0.396 e. The number of nitrogens with one attached hydrogen (secondary N) is 2. The van der Waals surface area contributed by atoms with Crippen molar-refractivity contribution in [3.63, 3.8) is 0 Å². The third kappa shape index (κ3) is 5.76. The molecule has 0 spiro atoms. The highest BCUT2D eigenvalue weighted by Gasteiger charge is 2.24. The number of nitrogens with zero attached hydrogens (tertiary/aromatic N) is 1. The van der Waals surface area contributed by atoms with E-state index in [2.05, 4.69) is 22.5 Å². The molecule has 3 atom stereocenters. The summed E-state index contributed by atoms with van der Waals surface area (Å²) in [6.07, 6.45) is 8.13. The maximum atomic E-state index is 12.1. The van der Waals surface area contributed by atoms with Gasteiger partial charge in [-0.1, -0.05) is 26.2 Å². The van der Waals surface area contributed by atoms with Crippen LogP contribution < -0.4 is 10.6 Å². The molecule has 0 aromatic rings. The Morgan fingerprint density at radius 2 is 2.00 bits per heavy atom. The Kier molecular flexibility index (Phi) is 7.46. The van der Waals surface area contributed by atoms with Crippen molar-refractivity contribution in [3.05, 3.63) is 0 Å². The lowest BCUT2D eigenvalue weighted by molar-refractivity contribution is 0.174. The summed E-state index contributed by atoms with van der Waals surface area (Å²) >= 11 is 0. The van der Waals surface area contributed by atoms with Crippen molar-refractivity contribution in [2.45, 2.75) is 57.9 Å². The van der Waals surface area contributed by atoms with E-state index in [1.54, 1.807) is 0 Å². The summed E-state index contributed by atoms with van der Waals surface area (Å²) in [7, 11) is 0. The first kappa shape index (κ1) is 17.5. The quantitative estimate of drug-likeness (QED) is 0.680. The Hall–Kier alpha value is -0.810. The van der Waals surface area contributed by atoms with E-state index in [1.807, 2.05) is 0 Å². The van der Waals surface area contributed by atoms with Gasteiger partial charge in [0.2, 0.25) is 0 Å². The molecule has 0 bridgehead atoms. The predicted octanol–water partition coefficient (Wildman–Crippen LogP) is 1.96. The normalized spacial score (nSPS) is 30.5. The maximum absolute atomic E-state index is 12.1. The molecule has 1 saturated carbocycles. The van der Waals surface area contributed by atoms with Gasteiger partial charge in [0, 0.05) is 38.2 Å². The molecule has 1 aliphatic heterocycles. The fourth-order valence-electron chi connectivity index (χ4n) is 3.83. The number of likely N-dealkylation sites (tertiary alicyclic amines) is 1. The molecule has 128 valence electrons. The lowest BCUT2D eigenvalue weighted by atomic mass is 9.96. The van der Waals surface area contributed by atoms with Gasteiger partial charge < -0.3 is 20.6 Å². The minimum atomic E-state index is -0.0737. The van der Waals surface area contributed by atoms with E-state index in [9.17, 15) is 9.90 Å². The van der Waals surface area contributed by atoms with E-state index in [4.69, 9.17) is 0 Å². The van der Waals surface area contributed by atoms with E-state index < -0.39 is 0 Å². The second-order valence-electron chi connectivity index (χ2n) is 7.14. The molecule has 1 aliphatic carbocycles. The molecule has 1 saturated heterocycles. The molecule has 3 N–H and O–H groups in total. The van der Waals surface area contributed by atoms with E-state index in [0.717, 1.165) is 51.2 Å². The number of piperidine rings is 1. The Labute approximate surface area is 134 Å². The molecule has 2 rings (SSSR count). The van der Waals surface area contributed by atoms with Gasteiger partial charge in [0.05, 0.1) is 0 Å². The van der Waals surface area contributed by atoms with Crippen LogP contribution in [0.2, 0.25) is 0 Å². The molecule has 0 aromatic heterocycles. The number of amides is 2. The summed E-state index contributed by atoms with van der Waals surface area (Å²) in [6.45, 7) is 6.42. The van der Waals surface area contributed by atoms with Gasteiger partial charge in [-0.15, -0.1) is 0 Å². The van der Waals surface area contributed by atoms with Crippen LogP contribution in [0.15, 0.2) is 0 Å². The predicted molar refractivity (Wildman–Crippen MR) is 88.8 cm³/mol. The van der Waals surface area contributed by atoms with Crippen LogP contribution in [0.5, 0.6) is 0 Å². The third-order valence-corrected chi connectivity index (χ3v) is 5.16. The second-order valence-corrected chi connectivity index (χ2v) is 7.14. The number of carbonyl (C=O) groups is 1. The number of hydrogen-bond acceptors (Lipinski definition) is 3. The van der Waals surface area contributed by atoms with Crippen LogP contribution in [0.25, 0.3) is 0 Å². The highest BCUT2D eigenvalue weighted by Crippen LogP contribution is 2.23. The van der Waals surface area contributed by atoms with Crippen LogP contribution in [-0.2, 0) is 0 Å². The lowest BCUT2D eigenvalue weighted by Crippen LogP contribution is -2.48. The van der Waals surface area contributed by atoms with Gasteiger partial charge in [-0.2, -0.15) is 0 Å². The molecule has 0 aromatic carbocycles. The van der Waals surface area contributed by atoms with Gasteiger partial charge >= 0.3 is 6.03 Å². The molecular weight excluding hydrogens is 278 g/mol. The van der Waals surface area contributed by atoms with Crippen molar-refractivity contribution in [3.8, 4) is 0 Å². The summed E-state index contributed by atoms with van der Waals surface area (Å²) in [5.41, 5.74) is 0. The van der Waals surface area contributed by atoms with Gasteiger partial charge in [0.1, 0.15) is 0 Å². The van der Waals surface area contributed by atoms with Crippen molar-refractivity contribution in [1.82, 2.24) is 15.5 Å². The van der Waals surface area contributed by atoms with Crippen molar-refractivity contribution in [2.24, 2.45) is 11.8 Å². The van der Waals surface area contributed by atoms with Gasteiger partial charge in [-0.05, 0) is 38.1 Å². The number of urea groups is 1. The van der Waals surface area contributed by atoms with E-state index >= 15 is 0 Å². The summed E-state index contributed by atoms with van der Waals surface area (Å²) in [4.78, 5) is 14.5. The van der Waals surface area contributed by atoms with Crippen molar-refractivity contribution in [1.29, 1.82) is 0 Å². The fourth-order valence-corrected chi connectivity index (χ4v) is 3.83. The summed E-state index contributed by atoms with van der Waals surface area (Å²) in [5.74, 6) is 0.995. The highest BCUT2D eigenvalue weighted by atomic mass is 16.3. The zero-order valence-corrected chi connectivity index (χ0v) is 14.0. The molecule has 0 radical (unpaired) electrons. The minimum absolute atomic E-state index is 0.0737. The Balaban J connectivity index is 1.66. The molecule has 3 unspecified atom stereocenters. The molecule has 22 heavy (non-hydrogen) atoms. The van der Waals surface area contributed by atoms with E-state index in [1.165, 1.54) is 19.3 Å². The molecule has 2 aliphatic rings. The standard InChI is InChI=1S/C17H33N3O2/c1-14-6-5-10-20(12-14)11-9-18-17(22)19-16-8-4-2-3-7-15(16)13-21/h14-16,21H,2-13H2,1H3,(H2,18,19,22). The summed E-state index contributed by atoms with van der Waals surface area (Å²) in [6, 6.07) is 0.0536. The number of carbonyl (C=O) groups excluding carboxylic acids is 1. The Morgan fingerprint density at radius 1 is 1.18 bits per heavy atom. The van der Waals surface area contributed by atoms with Crippen LogP contribution in [-0.4, -0.2) is 54.9 Å². The lowest BCUT2D eigenvalue weighted by Gasteiger charge is -2.31. The van der Waals surface area contributed by atoms with Crippen molar-refractivity contribution in [2.75, 3.05) is 32.8 Å². The summed E-state index contributed by atoms with van der Waals surface area (Å²) in [5, 5.41) is 15.6. The monoisotopic (exact) mass is 311 g/mol. The van der Waals surface area contributed by atoms with Crippen LogP contribution in [0, 0.1) is 11.8 Å². The smallest absolute Gasteiger partial charge is 0.315 e. The highest BCUT2D eigenvalue weighted by molar-refractivity contribution is 5.74. The number of aliphatic hydroxyl groups excluding tert-OH is 1. The third-order valence-electron chi connectivity index (χ3n) is 5.16. The van der Waals surface area contributed by atoms with Gasteiger partial charge in [0.15, 0.2) is 0 Å². The van der Waals surface area contributed by atoms with Crippen LogP contribution in [0.4, 0.5) is 4.79 Å². The van der Waals surface area contributed by atoms with Gasteiger partial charge in [-0.3, -0.25) is 0 Å². The van der Waals surface area contributed by atoms with Crippen LogP contribution in [0.1, 0.15) is 51.9 Å². The zero-order chi connectivity index (χ0) is 15.8. The average molecular weight is 311 g/mol. The van der Waals surface area contributed by atoms with Crippen molar-refractivity contribution < 1.29 is 9.90 Å². The maximum Gasteiger partial charge on any atom is 0.315 e. The Bertz CT molecular complexity index is 338. The molecule has 5 heteroatoms. The first-order chi connectivity index (χ1) is 10.7. The summed E-state index contributed by atoms with van der Waals surface area (Å²) < 4.78 is 0. The Morgan fingerprint density at radius 3 is 2.77 bits per heavy atom. The first-order valence-electron chi connectivity index (χ1n) is 9.06.